The summed E-state index contributed by atoms with van der Waals surface area (Å²) in [6.07, 6.45) is 2.31. The molecule has 3 aromatic rings. The van der Waals surface area contributed by atoms with E-state index < -0.39 is 42.1 Å². The SMILES string of the molecule is COc1ccc(-c2ncco2)cc1CC(=O)N[C@H](C(=O)NC(CC(=O)O)C(=O)CSCc1ccccc1)C(C)C. The highest BCUT2D eigenvalue weighted by atomic mass is 32.2. The number of carboxylic acid groups (broad SMARTS) is 1. The molecule has 3 N–H and O–H groups in total. The van der Waals surface area contributed by atoms with Crippen LogP contribution in [0.4, 0.5) is 0 Å². The molecule has 212 valence electrons. The number of ketones is 1. The number of hydrogen-bond donors (Lipinski definition) is 3. The predicted molar refractivity (Wildman–Crippen MR) is 151 cm³/mol. The van der Waals surface area contributed by atoms with E-state index in [1.54, 1.807) is 32.0 Å². The van der Waals surface area contributed by atoms with Crippen molar-refractivity contribution in [1.82, 2.24) is 15.6 Å². The van der Waals surface area contributed by atoms with Crippen molar-refractivity contribution in [1.29, 1.82) is 0 Å². The molecule has 0 bridgehead atoms. The molecular weight excluding hydrogens is 534 g/mol. The van der Waals surface area contributed by atoms with Crippen LogP contribution >= 0.6 is 11.8 Å². The second kappa shape index (κ2) is 14.9. The maximum absolute atomic E-state index is 13.2. The van der Waals surface area contributed by atoms with Gasteiger partial charge in [-0.3, -0.25) is 19.2 Å². The third-order valence-corrected chi connectivity index (χ3v) is 7.04. The third kappa shape index (κ3) is 8.98. The second-order valence-corrected chi connectivity index (χ2v) is 10.4. The summed E-state index contributed by atoms with van der Waals surface area (Å²) < 4.78 is 10.7. The number of carbonyl (C=O) groups excluding carboxylic acids is 3. The fraction of sp³-hybridized carbons (Fsp3) is 0.345. The number of carbonyl (C=O) groups is 4. The van der Waals surface area contributed by atoms with Crippen molar-refractivity contribution in [3.05, 3.63) is 72.1 Å². The van der Waals surface area contributed by atoms with Crippen LogP contribution in [-0.2, 0) is 31.4 Å². The zero-order valence-electron chi connectivity index (χ0n) is 22.6. The van der Waals surface area contributed by atoms with Crippen molar-refractivity contribution in [2.24, 2.45) is 5.92 Å². The van der Waals surface area contributed by atoms with E-state index in [0.717, 1.165) is 5.56 Å². The minimum atomic E-state index is -1.22. The van der Waals surface area contributed by atoms with Crippen LogP contribution in [0.3, 0.4) is 0 Å². The van der Waals surface area contributed by atoms with Gasteiger partial charge in [-0.1, -0.05) is 44.2 Å². The van der Waals surface area contributed by atoms with Crippen molar-refractivity contribution >= 4 is 35.3 Å². The number of hydrogen-bond acceptors (Lipinski definition) is 8. The maximum Gasteiger partial charge on any atom is 0.305 e. The number of aromatic nitrogens is 1. The monoisotopic (exact) mass is 567 g/mol. The Morgan fingerprint density at radius 3 is 2.45 bits per heavy atom. The molecule has 1 unspecified atom stereocenters. The Hall–Kier alpha value is -4.12. The predicted octanol–water partition coefficient (Wildman–Crippen LogP) is 3.50. The molecule has 0 fully saturated rings. The Labute approximate surface area is 236 Å². The van der Waals surface area contributed by atoms with Crippen molar-refractivity contribution in [2.75, 3.05) is 12.9 Å². The molecule has 0 radical (unpaired) electrons. The van der Waals surface area contributed by atoms with E-state index in [2.05, 4.69) is 15.6 Å². The first-order valence-electron chi connectivity index (χ1n) is 12.7. The molecule has 0 saturated carbocycles. The minimum absolute atomic E-state index is 0.0342. The third-order valence-electron chi connectivity index (χ3n) is 6.02. The zero-order chi connectivity index (χ0) is 29.1. The van der Waals surface area contributed by atoms with Crippen LogP contribution < -0.4 is 15.4 Å². The minimum Gasteiger partial charge on any atom is -0.496 e. The van der Waals surface area contributed by atoms with E-state index in [4.69, 9.17) is 9.15 Å². The van der Waals surface area contributed by atoms with Crippen LogP contribution in [0.5, 0.6) is 5.75 Å². The molecule has 0 aliphatic heterocycles. The molecule has 10 nitrogen and oxygen atoms in total. The van der Waals surface area contributed by atoms with Gasteiger partial charge in [0.05, 0.1) is 37.9 Å². The van der Waals surface area contributed by atoms with Crippen LogP contribution in [0.15, 0.2) is 65.4 Å². The number of rotatable bonds is 15. The molecule has 0 aliphatic rings. The number of amides is 2. The number of methoxy groups -OCH3 is 1. The van der Waals surface area contributed by atoms with Crippen molar-refractivity contribution < 1.29 is 33.4 Å². The summed E-state index contributed by atoms with van der Waals surface area (Å²) >= 11 is 1.34. The van der Waals surface area contributed by atoms with E-state index in [-0.39, 0.29) is 18.1 Å². The van der Waals surface area contributed by atoms with Crippen molar-refractivity contribution in [3.63, 3.8) is 0 Å². The van der Waals surface area contributed by atoms with Gasteiger partial charge in [-0.15, -0.1) is 11.8 Å². The summed E-state index contributed by atoms with van der Waals surface area (Å²) in [5.74, 6) is -1.55. The van der Waals surface area contributed by atoms with Crippen LogP contribution in [0.1, 0.15) is 31.4 Å². The average molecular weight is 568 g/mol. The first-order valence-corrected chi connectivity index (χ1v) is 13.9. The van der Waals surface area contributed by atoms with Gasteiger partial charge in [0, 0.05) is 16.9 Å². The van der Waals surface area contributed by atoms with Gasteiger partial charge in [0.15, 0.2) is 5.78 Å². The summed E-state index contributed by atoms with van der Waals surface area (Å²) in [6.45, 7) is 3.50. The lowest BCUT2D eigenvalue weighted by atomic mass is 10.0. The topological polar surface area (TPSA) is 148 Å². The van der Waals surface area contributed by atoms with E-state index >= 15 is 0 Å². The number of nitrogens with zero attached hydrogens (tertiary/aromatic N) is 1. The molecule has 0 saturated heterocycles. The molecular formula is C29H33N3O7S. The molecule has 0 aliphatic carbocycles. The highest BCUT2D eigenvalue weighted by Gasteiger charge is 2.30. The molecule has 1 aromatic heterocycles. The largest absolute Gasteiger partial charge is 0.496 e. The fourth-order valence-corrected chi connectivity index (χ4v) is 4.91. The first-order chi connectivity index (χ1) is 19.2. The molecule has 3 rings (SSSR count). The summed E-state index contributed by atoms with van der Waals surface area (Å²) in [5.41, 5.74) is 2.25. The summed E-state index contributed by atoms with van der Waals surface area (Å²) in [4.78, 5) is 54.6. The lowest BCUT2D eigenvalue weighted by Crippen LogP contribution is -2.54. The fourth-order valence-electron chi connectivity index (χ4n) is 3.97. The highest BCUT2D eigenvalue weighted by molar-refractivity contribution is 7.99. The maximum atomic E-state index is 13.2. The normalized spacial score (nSPS) is 12.4. The summed E-state index contributed by atoms with van der Waals surface area (Å²) in [5, 5.41) is 14.6. The number of benzene rings is 2. The van der Waals surface area contributed by atoms with Gasteiger partial charge in [-0.05, 0) is 29.7 Å². The van der Waals surface area contributed by atoms with E-state index in [0.29, 0.717) is 28.5 Å². The molecule has 1 heterocycles. The van der Waals surface area contributed by atoms with Crippen LogP contribution in [-0.4, -0.2) is 58.6 Å². The van der Waals surface area contributed by atoms with Crippen molar-refractivity contribution in [3.8, 4) is 17.2 Å². The number of carboxylic acids is 1. The molecule has 0 spiro atoms. The van der Waals surface area contributed by atoms with Gasteiger partial charge in [-0.2, -0.15) is 0 Å². The number of Topliss-reactive ketones (excluding diaryl/α,β-unsaturated/α-hetero) is 1. The summed E-state index contributed by atoms with van der Waals surface area (Å²) in [6, 6.07) is 12.5. The Morgan fingerprint density at radius 2 is 1.82 bits per heavy atom. The van der Waals surface area contributed by atoms with Crippen molar-refractivity contribution in [2.45, 2.75) is 44.5 Å². The Bertz CT molecular complexity index is 1300. The van der Waals surface area contributed by atoms with E-state index in [1.807, 2.05) is 30.3 Å². The van der Waals surface area contributed by atoms with Crippen LogP contribution in [0.25, 0.3) is 11.5 Å². The van der Waals surface area contributed by atoms with E-state index in [9.17, 15) is 24.3 Å². The number of ether oxygens (including phenoxy) is 1. The standard InChI is InChI=1S/C29H33N3O7S/c1-18(2)27(32-25(34)14-21-13-20(9-10-24(21)38-3)29-30-11-12-39-29)28(37)31-22(15-26(35)36)23(33)17-40-16-19-7-5-4-6-8-19/h4-13,18,22,27H,14-17H2,1-3H3,(H,31,37)(H,32,34)(H,35,36)/t22?,27-/m0/s1. The highest BCUT2D eigenvalue weighted by Crippen LogP contribution is 2.26. The van der Waals surface area contributed by atoms with Gasteiger partial charge in [0.25, 0.3) is 0 Å². The number of oxazole rings is 1. The van der Waals surface area contributed by atoms with Gasteiger partial charge < -0.3 is 24.9 Å². The average Bonchev–Trinajstić information content (AvgIpc) is 3.46. The summed E-state index contributed by atoms with van der Waals surface area (Å²) in [7, 11) is 1.49. The molecule has 40 heavy (non-hydrogen) atoms. The number of aliphatic carboxylic acids is 1. The quantitative estimate of drug-likeness (QED) is 0.251. The van der Waals surface area contributed by atoms with E-state index in [1.165, 1.54) is 31.3 Å². The molecule has 2 aromatic carbocycles. The van der Waals surface area contributed by atoms with Crippen LogP contribution in [0.2, 0.25) is 0 Å². The molecule has 11 heteroatoms. The Kier molecular flexibility index (Phi) is 11.3. The Balaban J connectivity index is 1.65. The van der Waals surface area contributed by atoms with Gasteiger partial charge in [0.2, 0.25) is 17.7 Å². The number of thioether (sulfide) groups is 1. The molecule has 2 amide bonds. The van der Waals surface area contributed by atoms with Gasteiger partial charge in [-0.25, -0.2) is 4.98 Å². The second-order valence-electron chi connectivity index (χ2n) is 9.43. The smallest absolute Gasteiger partial charge is 0.305 e. The lowest BCUT2D eigenvalue weighted by molar-refractivity contribution is -0.140. The van der Waals surface area contributed by atoms with Gasteiger partial charge in [0.1, 0.15) is 18.1 Å². The number of nitrogens with one attached hydrogen (secondary N) is 2. The van der Waals surface area contributed by atoms with Gasteiger partial charge >= 0.3 is 5.97 Å². The van der Waals surface area contributed by atoms with Crippen LogP contribution in [0, 0.1) is 5.92 Å². The molecule has 2 atom stereocenters. The zero-order valence-corrected chi connectivity index (χ0v) is 23.4. The lowest BCUT2D eigenvalue weighted by Gasteiger charge is -2.25. The Morgan fingerprint density at radius 1 is 1.07 bits per heavy atom. The first kappa shape index (κ1) is 30.4.